The van der Waals surface area contributed by atoms with Crippen LogP contribution in [0.25, 0.3) is 16.8 Å². The smallest absolute Gasteiger partial charge is 0.195 e. The van der Waals surface area contributed by atoms with Crippen molar-refractivity contribution in [2.45, 2.75) is 19.3 Å². The Kier molecular flexibility index (Phi) is 5.52. The zero-order valence-corrected chi connectivity index (χ0v) is 20.0. The number of pyridine rings is 2. The van der Waals surface area contributed by atoms with Crippen LogP contribution in [0.2, 0.25) is 5.02 Å². The van der Waals surface area contributed by atoms with E-state index in [9.17, 15) is 14.6 Å². The largest absolute Gasteiger partial charge is 0.476 e. The van der Waals surface area contributed by atoms with Gasteiger partial charge in [-0.25, -0.2) is 18.9 Å². The molecule has 10 nitrogen and oxygen atoms in total. The molecular weight excluding hydrogens is 489 g/mol. The van der Waals surface area contributed by atoms with Gasteiger partial charge in [0, 0.05) is 48.9 Å². The molecule has 6 rings (SSSR count). The van der Waals surface area contributed by atoms with Gasteiger partial charge in [-0.1, -0.05) is 11.6 Å². The van der Waals surface area contributed by atoms with Crippen LogP contribution in [0, 0.1) is 18.2 Å². The van der Waals surface area contributed by atoms with E-state index in [2.05, 4.69) is 30.3 Å². The lowest BCUT2D eigenvalue weighted by Gasteiger charge is -2.56. The summed E-state index contributed by atoms with van der Waals surface area (Å²) in [4.78, 5) is 15.3. The molecule has 0 aromatic carbocycles. The second kappa shape index (κ2) is 8.63. The summed E-state index contributed by atoms with van der Waals surface area (Å²) < 4.78 is 21.0. The first-order valence-electron chi connectivity index (χ1n) is 11.4. The summed E-state index contributed by atoms with van der Waals surface area (Å²) in [5, 5.41) is 28.0. The third-order valence-electron chi connectivity index (χ3n) is 6.78. The summed E-state index contributed by atoms with van der Waals surface area (Å²) in [6.45, 7) is 5.91. The van der Waals surface area contributed by atoms with E-state index < -0.39 is 18.2 Å². The zero-order chi connectivity index (χ0) is 25.0. The maximum atomic E-state index is 13.4. The molecule has 4 aromatic rings. The SMILES string of the molecule is Cc1c(-c2cc(O[C@@H](c3ccc(F)cn3)C(O)O)c3c(Cl)cnn3c2)ncnc1N1CC2(CNC2)C1. The highest BCUT2D eigenvalue weighted by Gasteiger charge is 2.48. The molecule has 2 aliphatic rings. The van der Waals surface area contributed by atoms with E-state index in [4.69, 9.17) is 16.3 Å². The number of hydrogen-bond donors (Lipinski definition) is 3. The standard InChI is InChI=1S/C24H23ClFN7O3/c1-13-19(29-12-30-22(13)32-10-24(11-32)8-27-9-24)14-4-18(20-16(25)6-31-33(20)7-14)36-21(23(34)35)17-3-2-15(26)5-28-17/h2-7,12,21,23,27,34-35H,8-11H2,1H3/t21-/m0/s1. The maximum absolute atomic E-state index is 13.4. The van der Waals surface area contributed by atoms with Crippen molar-refractivity contribution < 1.29 is 19.3 Å². The van der Waals surface area contributed by atoms with Crippen molar-refractivity contribution in [1.82, 2.24) is 29.9 Å². The highest BCUT2D eigenvalue weighted by atomic mass is 35.5. The van der Waals surface area contributed by atoms with E-state index in [-0.39, 0.29) is 11.4 Å². The minimum atomic E-state index is -1.93. The molecule has 12 heteroatoms. The molecule has 186 valence electrons. The molecular formula is C24H23ClFN7O3. The first-order valence-corrected chi connectivity index (χ1v) is 11.8. The van der Waals surface area contributed by atoms with Crippen LogP contribution in [0.15, 0.2) is 43.1 Å². The molecule has 0 saturated carbocycles. The van der Waals surface area contributed by atoms with Gasteiger partial charge in [-0.2, -0.15) is 5.10 Å². The molecule has 2 saturated heterocycles. The van der Waals surface area contributed by atoms with Crippen LogP contribution in [-0.2, 0) is 0 Å². The predicted octanol–water partition coefficient (Wildman–Crippen LogP) is 2.13. The highest BCUT2D eigenvalue weighted by molar-refractivity contribution is 6.34. The van der Waals surface area contributed by atoms with Gasteiger partial charge in [-0.3, -0.25) is 4.98 Å². The van der Waals surface area contributed by atoms with Crippen molar-refractivity contribution in [2.24, 2.45) is 5.41 Å². The molecule has 0 aliphatic carbocycles. The molecule has 0 bridgehead atoms. The summed E-state index contributed by atoms with van der Waals surface area (Å²) in [5.41, 5.74) is 3.19. The van der Waals surface area contributed by atoms with Crippen LogP contribution in [0.3, 0.4) is 0 Å². The van der Waals surface area contributed by atoms with Gasteiger partial charge in [0.2, 0.25) is 0 Å². The van der Waals surface area contributed by atoms with Gasteiger partial charge in [0.05, 0.1) is 28.8 Å². The number of rotatable bonds is 6. The highest BCUT2D eigenvalue weighted by Crippen LogP contribution is 2.40. The molecule has 1 atom stereocenters. The Morgan fingerprint density at radius 1 is 1.17 bits per heavy atom. The third kappa shape index (κ3) is 3.84. The number of nitrogens with zero attached hydrogens (tertiary/aromatic N) is 6. The number of aliphatic hydroxyl groups excluding tert-OH is 1. The van der Waals surface area contributed by atoms with E-state index in [0.717, 1.165) is 43.8 Å². The van der Waals surface area contributed by atoms with E-state index in [1.165, 1.54) is 24.7 Å². The van der Waals surface area contributed by atoms with Crippen molar-refractivity contribution in [3.8, 4) is 17.0 Å². The van der Waals surface area contributed by atoms with Crippen molar-refractivity contribution in [2.75, 3.05) is 31.1 Å². The predicted molar refractivity (Wildman–Crippen MR) is 129 cm³/mol. The lowest BCUT2D eigenvalue weighted by Crippen LogP contribution is -2.71. The number of ether oxygens (including phenoxy) is 1. The third-order valence-corrected chi connectivity index (χ3v) is 7.06. The number of hydrogen-bond acceptors (Lipinski definition) is 9. The Balaban J connectivity index is 1.39. The Morgan fingerprint density at radius 3 is 2.64 bits per heavy atom. The summed E-state index contributed by atoms with van der Waals surface area (Å²) in [7, 11) is 0. The molecule has 6 heterocycles. The van der Waals surface area contributed by atoms with E-state index in [0.29, 0.717) is 27.2 Å². The van der Waals surface area contributed by atoms with Crippen molar-refractivity contribution in [1.29, 1.82) is 0 Å². The maximum Gasteiger partial charge on any atom is 0.195 e. The lowest BCUT2D eigenvalue weighted by molar-refractivity contribution is -0.115. The van der Waals surface area contributed by atoms with E-state index >= 15 is 0 Å². The Labute approximate surface area is 210 Å². The van der Waals surface area contributed by atoms with Crippen molar-refractivity contribution >= 4 is 22.9 Å². The second-order valence-electron chi connectivity index (χ2n) is 9.36. The Hall–Kier alpha value is -3.38. The van der Waals surface area contributed by atoms with Gasteiger partial charge in [0.25, 0.3) is 0 Å². The summed E-state index contributed by atoms with van der Waals surface area (Å²) in [6, 6.07) is 4.22. The van der Waals surface area contributed by atoms with Crippen LogP contribution < -0.4 is 15.0 Å². The lowest BCUT2D eigenvalue weighted by atomic mass is 9.74. The molecule has 36 heavy (non-hydrogen) atoms. The first-order chi connectivity index (χ1) is 17.3. The van der Waals surface area contributed by atoms with Gasteiger partial charge in [0.15, 0.2) is 12.4 Å². The number of fused-ring (bicyclic) bond motifs is 1. The molecule has 2 aliphatic heterocycles. The van der Waals surface area contributed by atoms with Gasteiger partial charge in [-0.05, 0) is 25.1 Å². The van der Waals surface area contributed by atoms with Gasteiger partial charge >= 0.3 is 0 Å². The summed E-state index contributed by atoms with van der Waals surface area (Å²) in [5.74, 6) is 0.560. The fraction of sp³-hybridized carbons (Fsp3) is 0.333. The van der Waals surface area contributed by atoms with Gasteiger partial charge in [-0.15, -0.1) is 0 Å². The monoisotopic (exact) mass is 511 g/mol. The van der Waals surface area contributed by atoms with Crippen LogP contribution in [0.5, 0.6) is 5.75 Å². The molecule has 4 aromatic heterocycles. The quantitative estimate of drug-likeness (QED) is 0.334. The molecule has 2 fully saturated rings. The minimum absolute atomic E-state index is 0.142. The molecule has 1 spiro atoms. The van der Waals surface area contributed by atoms with Crippen LogP contribution >= 0.6 is 11.6 Å². The fourth-order valence-corrected chi connectivity index (χ4v) is 5.12. The number of halogens is 2. The van der Waals surface area contributed by atoms with Gasteiger partial charge in [0.1, 0.15) is 29.2 Å². The molecule has 3 N–H and O–H groups in total. The topological polar surface area (TPSA) is 121 Å². The van der Waals surface area contributed by atoms with Crippen molar-refractivity contribution in [3.05, 3.63) is 65.2 Å². The normalized spacial score (nSPS) is 17.3. The molecule has 0 amide bonds. The minimum Gasteiger partial charge on any atom is -0.476 e. The number of aliphatic hydroxyl groups is 2. The average molecular weight is 512 g/mol. The fourth-order valence-electron chi connectivity index (χ4n) is 4.90. The zero-order valence-electron chi connectivity index (χ0n) is 19.3. The van der Waals surface area contributed by atoms with Gasteiger partial charge < -0.3 is 25.2 Å². The number of anilines is 1. The molecule has 0 radical (unpaired) electrons. The first kappa shape index (κ1) is 23.0. The summed E-state index contributed by atoms with van der Waals surface area (Å²) >= 11 is 6.39. The summed E-state index contributed by atoms with van der Waals surface area (Å²) in [6.07, 6.45) is 2.54. The number of nitrogens with one attached hydrogen (secondary N) is 1. The average Bonchev–Trinajstić information content (AvgIpc) is 3.18. The van der Waals surface area contributed by atoms with Crippen LogP contribution in [0.4, 0.5) is 10.2 Å². The molecule has 0 unspecified atom stereocenters. The van der Waals surface area contributed by atoms with Crippen molar-refractivity contribution in [3.63, 3.8) is 0 Å². The Bertz CT molecular complexity index is 1430. The van der Waals surface area contributed by atoms with Crippen LogP contribution in [-0.4, -0.2) is 67.2 Å². The second-order valence-corrected chi connectivity index (χ2v) is 9.77. The number of aromatic nitrogens is 5. The van der Waals surface area contributed by atoms with E-state index in [1.807, 2.05) is 6.92 Å². The Morgan fingerprint density at radius 2 is 1.97 bits per heavy atom. The van der Waals surface area contributed by atoms with Crippen LogP contribution in [0.1, 0.15) is 17.4 Å². The van der Waals surface area contributed by atoms with E-state index in [1.54, 1.807) is 16.8 Å².